The second-order valence-corrected chi connectivity index (χ2v) is 5.99. The standard InChI is InChI=1S/C12H21N3OS/c1-12(2,3)9-8-17-11(15-9)7-14-10(16)5-4-6-13/h8H,4-7,13H2,1-3H3,(H,14,16). The molecule has 0 aliphatic heterocycles. The van der Waals surface area contributed by atoms with E-state index < -0.39 is 0 Å². The molecule has 0 aliphatic carbocycles. The molecule has 1 amide bonds. The SMILES string of the molecule is CC(C)(C)c1csc(CNC(=O)CCCN)n1. The minimum Gasteiger partial charge on any atom is -0.350 e. The monoisotopic (exact) mass is 255 g/mol. The van der Waals surface area contributed by atoms with Gasteiger partial charge in [-0.2, -0.15) is 0 Å². The van der Waals surface area contributed by atoms with Crippen molar-refractivity contribution < 1.29 is 4.79 Å². The Kier molecular flexibility index (Phi) is 5.08. The maximum atomic E-state index is 11.4. The first kappa shape index (κ1) is 14.1. The lowest BCUT2D eigenvalue weighted by Crippen LogP contribution is -2.23. The van der Waals surface area contributed by atoms with Gasteiger partial charge in [-0.25, -0.2) is 4.98 Å². The zero-order chi connectivity index (χ0) is 12.9. The number of thiazole rings is 1. The predicted molar refractivity (Wildman–Crippen MR) is 70.9 cm³/mol. The van der Waals surface area contributed by atoms with E-state index >= 15 is 0 Å². The molecule has 1 heterocycles. The number of nitrogens with one attached hydrogen (secondary N) is 1. The number of nitrogens with two attached hydrogens (primary N) is 1. The highest BCUT2D eigenvalue weighted by Crippen LogP contribution is 2.23. The summed E-state index contributed by atoms with van der Waals surface area (Å²) in [6.07, 6.45) is 1.23. The van der Waals surface area contributed by atoms with Crippen molar-refractivity contribution in [1.82, 2.24) is 10.3 Å². The van der Waals surface area contributed by atoms with Gasteiger partial charge < -0.3 is 11.1 Å². The van der Waals surface area contributed by atoms with Crippen LogP contribution in [0.3, 0.4) is 0 Å². The summed E-state index contributed by atoms with van der Waals surface area (Å²) in [4.78, 5) is 15.9. The first-order chi connectivity index (χ1) is 7.93. The van der Waals surface area contributed by atoms with E-state index in [9.17, 15) is 4.79 Å². The lowest BCUT2D eigenvalue weighted by Gasteiger charge is -2.14. The van der Waals surface area contributed by atoms with Crippen LogP contribution in [-0.2, 0) is 16.8 Å². The zero-order valence-corrected chi connectivity index (χ0v) is 11.6. The molecule has 0 atom stereocenters. The quantitative estimate of drug-likeness (QED) is 0.843. The van der Waals surface area contributed by atoms with E-state index in [0.29, 0.717) is 19.5 Å². The molecule has 0 bridgehead atoms. The molecule has 17 heavy (non-hydrogen) atoms. The number of rotatable bonds is 5. The topological polar surface area (TPSA) is 68.0 Å². The molecule has 0 saturated heterocycles. The second-order valence-electron chi connectivity index (χ2n) is 5.05. The Balaban J connectivity index is 2.42. The highest BCUT2D eigenvalue weighted by atomic mass is 32.1. The van der Waals surface area contributed by atoms with Crippen molar-refractivity contribution in [3.63, 3.8) is 0 Å². The van der Waals surface area contributed by atoms with E-state index in [1.54, 1.807) is 11.3 Å². The Morgan fingerprint density at radius 3 is 2.76 bits per heavy atom. The summed E-state index contributed by atoms with van der Waals surface area (Å²) in [7, 11) is 0. The van der Waals surface area contributed by atoms with Crippen molar-refractivity contribution in [2.24, 2.45) is 5.73 Å². The molecule has 0 saturated carbocycles. The maximum Gasteiger partial charge on any atom is 0.220 e. The molecule has 0 aliphatic rings. The molecule has 0 fully saturated rings. The molecular weight excluding hydrogens is 234 g/mol. The molecule has 0 spiro atoms. The fourth-order valence-electron chi connectivity index (χ4n) is 1.26. The van der Waals surface area contributed by atoms with E-state index in [2.05, 4.69) is 36.5 Å². The van der Waals surface area contributed by atoms with Gasteiger partial charge in [0.05, 0.1) is 12.2 Å². The van der Waals surface area contributed by atoms with Gasteiger partial charge in [0.25, 0.3) is 0 Å². The summed E-state index contributed by atoms with van der Waals surface area (Å²) in [5.41, 5.74) is 6.49. The van der Waals surface area contributed by atoms with Gasteiger partial charge in [0.1, 0.15) is 5.01 Å². The summed E-state index contributed by atoms with van der Waals surface area (Å²) < 4.78 is 0. The Labute approximate surface area is 107 Å². The summed E-state index contributed by atoms with van der Waals surface area (Å²) in [5.74, 6) is 0.0444. The number of carbonyl (C=O) groups excluding carboxylic acids is 1. The van der Waals surface area contributed by atoms with E-state index in [0.717, 1.165) is 17.1 Å². The molecule has 1 aromatic heterocycles. The van der Waals surface area contributed by atoms with Crippen LogP contribution in [0.15, 0.2) is 5.38 Å². The van der Waals surface area contributed by atoms with Crippen molar-refractivity contribution in [2.75, 3.05) is 6.54 Å². The first-order valence-electron chi connectivity index (χ1n) is 5.85. The van der Waals surface area contributed by atoms with Crippen molar-refractivity contribution in [2.45, 2.75) is 45.6 Å². The van der Waals surface area contributed by atoms with Crippen molar-refractivity contribution in [3.05, 3.63) is 16.1 Å². The van der Waals surface area contributed by atoms with Crippen molar-refractivity contribution in [1.29, 1.82) is 0 Å². The minimum atomic E-state index is 0.0444. The zero-order valence-electron chi connectivity index (χ0n) is 10.7. The minimum absolute atomic E-state index is 0.0444. The molecule has 0 radical (unpaired) electrons. The first-order valence-corrected chi connectivity index (χ1v) is 6.73. The van der Waals surface area contributed by atoms with Gasteiger partial charge in [0, 0.05) is 17.2 Å². The number of hydrogen-bond acceptors (Lipinski definition) is 4. The molecule has 0 aromatic carbocycles. The van der Waals surface area contributed by atoms with Crippen LogP contribution in [0.5, 0.6) is 0 Å². The van der Waals surface area contributed by atoms with Gasteiger partial charge in [-0.05, 0) is 13.0 Å². The molecule has 1 rings (SSSR count). The number of hydrogen-bond donors (Lipinski definition) is 2. The van der Waals surface area contributed by atoms with Crippen LogP contribution in [0.4, 0.5) is 0 Å². The number of amides is 1. The van der Waals surface area contributed by atoms with Gasteiger partial charge in [-0.1, -0.05) is 20.8 Å². The van der Waals surface area contributed by atoms with E-state index in [4.69, 9.17) is 5.73 Å². The van der Waals surface area contributed by atoms with Crippen molar-refractivity contribution in [3.8, 4) is 0 Å². The van der Waals surface area contributed by atoms with Gasteiger partial charge in [0.2, 0.25) is 5.91 Å². The average molecular weight is 255 g/mol. The van der Waals surface area contributed by atoms with Gasteiger partial charge in [0.15, 0.2) is 0 Å². The molecular formula is C12H21N3OS. The Hall–Kier alpha value is -0.940. The number of nitrogens with zero attached hydrogens (tertiary/aromatic N) is 1. The van der Waals surface area contributed by atoms with Crippen LogP contribution in [0.1, 0.15) is 44.3 Å². The fourth-order valence-corrected chi connectivity index (χ4v) is 2.22. The van der Waals surface area contributed by atoms with E-state index in [-0.39, 0.29) is 11.3 Å². The average Bonchev–Trinajstić information content (AvgIpc) is 2.71. The Bertz CT molecular complexity index is 368. The fraction of sp³-hybridized carbons (Fsp3) is 0.667. The van der Waals surface area contributed by atoms with Gasteiger partial charge in [-0.3, -0.25) is 4.79 Å². The third-order valence-electron chi connectivity index (χ3n) is 2.36. The molecule has 1 aromatic rings. The Morgan fingerprint density at radius 2 is 2.24 bits per heavy atom. The van der Waals surface area contributed by atoms with Crippen LogP contribution in [0.25, 0.3) is 0 Å². The second kappa shape index (κ2) is 6.12. The number of aromatic nitrogens is 1. The third kappa shape index (κ3) is 4.83. The highest BCUT2D eigenvalue weighted by Gasteiger charge is 2.17. The van der Waals surface area contributed by atoms with Crippen LogP contribution in [0, 0.1) is 0 Å². The lowest BCUT2D eigenvalue weighted by molar-refractivity contribution is -0.121. The predicted octanol–water partition coefficient (Wildman–Crippen LogP) is 1.80. The lowest BCUT2D eigenvalue weighted by atomic mass is 9.93. The van der Waals surface area contributed by atoms with Crippen LogP contribution in [-0.4, -0.2) is 17.4 Å². The molecule has 3 N–H and O–H groups in total. The molecule has 0 unspecified atom stereocenters. The molecule has 5 heteroatoms. The summed E-state index contributed by atoms with van der Waals surface area (Å²) in [5, 5.41) is 5.86. The summed E-state index contributed by atoms with van der Waals surface area (Å²) >= 11 is 1.59. The smallest absolute Gasteiger partial charge is 0.220 e. The molecule has 96 valence electrons. The van der Waals surface area contributed by atoms with Gasteiger partial charge in [-0.15, -0.1) is 11.3 Å². The maximum absolute atomic E-state index is 11.4. The normalized spacial score (nSPS) is 11.5. The van der Waals surface area contributed by atoms with Gasteiger partial charge >= 0.3 is 0 Å². The number of carbonyl (C=O) groups is 1. The molecule has 4 nitrogen and oxygen atoms in total. The Morgan fingerprint density at radius 1 is 1.53 bits per heavy atom. The van der Waals surface area contributed by atoms with Crippen LogP contribution in [0.2, 0.25) is 0 Å². The summed E-state index contributed by atoms with van der Waals surface area (Å²) in [6, 6.07) is 0. The van der Waals surface area contributed by atoms with Crippen LogP contribution < -0.4 is 11.1 Å². The van der Waals surface area contributed by atoms with Crippen molar-refractivity contribution >= 4 is 17.2 Å². The van der Waals surface area contributed by atoms with Crippen LogP contribution >= 0.6 is 11.3 Å². The largest absolute Gasteiger partial charge is 0.350 e. The summed E-state index contributed by atoms with van der Waals surface area (Å²) in [6.45, 7) is 7.46. The third-order valence-corrected chi connectivity index (χ3v) is 3.21. The van der Waals surface area contributed by atoms with E-state index in [1.807, 2.05) is 0 Å². The highest BCUT2D eigenvalue weighted by molar-refractivity contribution is 7.09. The van der Waals surface area contributed by atoms with E-state index in [1.165, 1.54) is 0 Å².